The fourth-order valence-electron chi connectivity index (χ4n) is 2.60. The van der Waals surface area contributed by atoms with Gasteiger partial charge in [-0.2, -0.15) is 4.98 Å². The molecular formula is C14H13N6O3-. The molecular weight excluding hydrogens is 300 g/mol. The van der Waals surface area contributed by atoms with Crippen molar-refractivity contribution in [1.82, 2.24) is 25.4 Å². The van der Waals surface area contributed by atoms with Crippen molar-refractivity contribution in [1.29, 1.82) is 0 Å². The van der Waals surface area contributed by atoms with Crippen molar-refractivity contribution in [3.05, 3.63) is 53.1 Å². The average Bonchev–Trinajstić information content (AvgIpc) is 3.23. The number of nitrogens with one attached hydrogen (secondary N) is 2. The molecule has 118 valence electrons. The highest BCUT2D eigenvalue weighted by Gasteiger charge is 2.26. The van der Waals surface area contributed by atoms with Crippen LogP contribution in [0.5, 0.6) is 0 Å². The molecule has 3 aromatic rings. The van der Waals surface area contributed by atoms with E-state index in [0.29, 0.717) is 30.2 Å². The first-order valence-electron chi connectivity index (χ1n) is 7.05. The monoisotopic (exact) mass is 313 g/mol. The molecule has 4 rings (SSSR count). The highest BCUT2D eigenvalue weighted by Crippen LogP contribution is 2.26. The zero-order chi connectivity index (χ0) is 15.8. The Bertz CT molecular complexity index is 827. The topological polar surface area (TPSA) is 126 Å². The van der Waals surface area contributed by atoms with Crippen LogP contribution in [0.3, 0.4) is 0 Å². The van der Waals surface area contributed by atoms with E-state index in [4.69, 9.17) is 9.73 Å². The number of H-pyrrole nitrogens is 1. The summed E-state index contributed by atoms with van der Waals surface area (Å²) in [7, 11) is 0. The third kappa shape index (κ3) is 2.57. The molecule has 0 radical (unpaired) electrons. The van der Waals surface area contributed by atoms with Gasteiger partial charge in [-0.1, -0.05) is 17.3 Å². The lowest BCUT2D eigenvalue weighted by Crippen LogP contribution is -2.28. The fourth-order valence-corrected chi connectivity index (χ4v) is 2.60. The zero-order valence-corrected chi connectivity index (χ0v) is 11.9. The molecule has 0 saturated carbocycles. The molecule has 9 nitrogen and oxygen atoms in total. The van der Waals surface area contributed by atoms with Crippen LogP contribution < -0.4 is 10.5 Å². The van der Waals surface area contributed by atoms with E-state index in [0.717, 1.165) is 11.4 Å². The van der Waals surface area contributed by atoms with Crippen LogP contribution in [-0.4, -0.2) is 25.3 Å². The molecule has 0 bridgehead atoms. The second kappa shape index (κ2) is 5.47. The Balaban J connectivity index is 1.59. The van der Waals surface area contributed by atoms with E-state index < -0.39 is 0 Å². The summed E-state index contributed by atoms with van der Waals surface area (Å²) in [5.41, 5.74) is 2.74. The minimum absolute atomic E-state index is 0.103. The number of imidazole rings is 1. The number of nitrogens with zero attached hydrogens (tertiary/aromatic N) is 4. The van der Waals surface area contributed by atoms with Gasteiger partial charge in [0.1, 0.15) is 0 Å². The summed E-state index contributed by atoms with van der Waals surface area (Å²) in [6, 6.07) is 6.24. The zero-order valence-electron chi connectivity index (χ0n) is 11.9. The van der Waals surface area contributed by atoms with Crippen LogP contribution in [0.2, 0.25) is 0 Å². The highest BCUT2D eigenvalue weighted by molar-refractivity contribution is 5.62. The van der Waals surface area contributed by atoms with Gasteiger partial charge in [-0.25, -0.2) is 4.98 Å². The van der Waals surface area contributed by atoms with Gasteiger partial charge in [-0.05, 0) is 12.1 Å². The molecule has 1 aliphatic heterocycles. The van der Waals surface area contributed by atoms with Crippen molar-refractivity contribution < 1.29 is 9.73 Å². The molecule has 2 aromatic heterocycles. The first kappa shape index (κ1) is 13.9. The summed E-state index contributed by atoms with van der Waals surface area (Å²) in [6.45, 7) is 0.656. The summed E-state index contributed by atoms with van der Waals surface area (Å²) < 4.78 is 5.33. The third-order valence-electron chi connectivity index (χ3n) is 3.80. The number of hydrogen-bond acceptors (Lipinski definition) is 8. The quantitative estimate of drug-likeness (QED) is 0.621. The van der Waals surface area contributed by atoms with Gasteiger partial charge in [-0.3, -0.25) is 10.5 Å². The molecule has 3 heterocycles. The Morgan fingerprint density at radius 2 is 2.30 bits per heavy atom. The second-order valence-electron chi connectivity index (χ2n) is 5.24. The lowest BCUT2D eigenvalue weighted by Gasteiger charge is -2.21. The number of hydrogen-bond donors (Lipinski definition) is 3. The molecule has 23 heavy (non-hydrogen) atoms. The van der Waals surface area contributed by atoms with Gasteiger partial charge in [0.05, 0.1) is 29.4 Å². The molecule has 0 amide bonds. The lowest BCUT2D eigenvalue weighted by atomic mass is 10.1. The van der Waals surface area contributed by atoms with Gasteiger partial charge in [-0.15, -0.1) is 0 Å². The number of anilines is 1. The van der Waals surface area contributed by atoms with Gasteiger partial charge >= 0.3 is 0 Å². The Labute approximate surface area is 130 Å². The van der Waals surface area contributed by atoms with Crippen molar-refractivity contribution >= 4 is 5.69 Å². The molecule has 1 aliphatic rings. The van der Waals surface area contributed by atoms with Crippen LogP contribution in [0.4, 0.5) is 5.69 Å². The van der Waals surface area contributed by atoms with Gasteiger partial charge in [0, 0.05) is 18.5 Å². The number of benzene rings is 1. The van der Waals surface area contributed by atoms with Crippen molar-refractivity contribution in [2.75, 3.05) is 5.23 Å². The number of aromatic nitrogens is 4. The normalized spacial score (nSPS) is 17.0. The predicted molar refractivity (Wildman–Crippen MR) is 79.2 cm³/mol. The van der Waals surface area contributed by atoms with Crippen LogP contribution in [0, 0.1) is 5.21 Å². The summed E-state index contributed by atoms with van der Waals surface area (Å²) in [6.07, 6.45) is 2.33. The Morgan fingerprint density at radius 3 is 3.17 bits per heavy atom. The molecule has 1 unspecified atom stereocenters. The molecule has 0 saturated heterocycles. The third-order valence-corrected chi connectivity index (χ3v) is 3.80. The van der Waals surface area contributed by atoms with Crippen molar-refractivity contribution in [2.45, 2.75) is 19.0 Å². The van der Waals surface area contributed by atoms with E-state index in [1.807, 2.05) is 0 Å². The highest BCUT2D eigenvalue weighted by atomic mass is 16.8. The summed E-state index contributed by atoms with van der Waals surface area (Å²) in [5.74, 6) is 0.820. The largest absolute Gasteiger partial charge is 0.733 e. The van der Waals surface area contributed by atoms with Crippen molar-refractivity contribution in [3.63, 3.8) is 0 Å². The van der Waals surface area contributed by atoms with E-state index in [1.165, 1.54) is 12.1 Å². The Hall–Kier alpha value is -2.75. The summed E-state index contributed by atoms with van der Waals surface area (Å²) in [4.78, 5) is 11.7. The van der Waals surface area contributed by atoms with Gasteiger partial charge < -0.3 is 19.9 Å². The fraction of sp³-hybridized carbons (Fsp3) is 0.214. The maximum Gasteiger partial charge on any atom is 0.244 e. The first-order valence-corrected chi connectivity index (χ1v) is 7.05. The number of aromatic amines is 1. The molecule has 0 spiro atoms. The van der Waals surface area contributed by atoms with Crippen LogP contribution in [0.15, 0.2) is 35.1 Å². The smallest absolute Gasteiger partial charge is 0.244 e. The molecule has 0 aliphatic carbocycles. The Kier molecular flexibility index (Phi) is 3.30. The van der Waals surface area contributed by atoms with Crippen LogP contribution in [0.1, 0.15) is 23.3 Å². The van der Waals surface area contributed by atoms with E-state index in [2.05, 4.69) is 25.4 Å². The van der Waals surface area contributed by atoms with Crippen LogP contribution in [0.25, 0.3) is 11.4 Å². The standard InChI is InChI=1S/C14H13N6O3/c21-20(22)9-3-1-2-8(4-9)13-18-14(23-19-13)11-5-10-12(6-15-11)17-7-16-10/h1-4,7,11,15,21H,5-6H2,(H,16,17)/q-1. The Morgan fingerprint density at radius 1 is 1.39 bits per heavy atom. The minimum Gasteiger partial charge on any atom is -0.733 e. The van der Waals surface area contributed by atoms with Crippen LogP contribution in [-0.2, 0) is 13.0 Å². The molecule has 3 N–H and O–H groups in total. The van der Waals surface area contributed by atoms with Gasteiger partial charge in [0.25, 0.3) is 0 Å². The number of fused-ring (bicyclic) bond motifs is 1. The van der Waals surface area contributed by atoms with E-state index in [-0.39, 0.29) is 17.0 Å². The van der Waals surface area contributed by atoms with E-state index in [1.54, 1.807) is 18.5 Å². The first-order chi connectivity index (χ1) is 11.2. The average molecular weight is 313 g/mol. The van der Waals surface area contributed by atoms with E-state index >= 15 is 0 Å². The summed E-state index contributed by atoms with van der Waals surface area (Å²) in [5, 5.41) is 27.0. The van der Waals surface area contributed by atoms with Gasteiger partial charge in [0.2, 0.25) is 11.7 Å². The molecule has 1 aromatic carbocycles. The maximum absolute atomic E-state index is 11.0. The lowest BCUT2D eigenvalue weighted by molar-refractivity contribution is 0.296. The maximum atomic E-state index is 11.0. The second-order valence-corrected chi connectivity index (χ2v) is 5.24. The minimum atomic E-state index is -0.202. The van der Waals surface area contributed by atoms with Gasteiger partial charge in [0.15, 0.2) is 0 Å². The molecule has 0 fully saturated rings. The number of rotatable bonds is 3. The SMILES string of the molecule is [O-]N(O)c1cccc(-c2noc(C3Cc4nc[nH]c4CN3)n2)c1. The molecule has 9 heteroatoms. The van der Waals surface area contributed by atoms with Crippen LogP contribution >= 0.6 is 0 Å². The predicted octanol–water partition coefficient (Wildman–Crippen LogP) is 1.54. The van der Waals surface area contributed by atoms with Crippen molar-refractivity contribution in [2.24, 2.45) is 0 Å². The van der Waals surface area contributed by atoms with Crippen molar-refractivity contribution in [3.8, 4) is 11.4 Å². The van der Waals surface area contributed by atoms with E-state index in [9.17, 15) is 5.21 Å². The molecule has 1 atom stereocenters. The summed E-state index contributed by atoms with van der Waals surface area (Å²) >= 11 is 0.